The summed E-state index contributed by atoms with van der Waals surface area (Å²) in [4.78, 5) is 23.8. The fraction of sp³-hybridized carbons (Fsp3) is 0.867. The Bertz CT molecular complexity index is 372. The number of ether oxygens (including phenoxy) is 1. The van der Waals surface area contributed by atoms with E-state index in [2.05, 4.69) is 5.32 Å². The first-order chi connectivity index (χ1) is 9.65. The molecule has 122 valence electrons. The largest absolute Gasteiger partial charge is 0.480 e. The van der Waals surface area contributed by atoms with Crippen molar-refractivity contribution in [2.75, 3.05) is 0 Å². The molecule has 1 fully saturated rings. The number of carboxylic acid groups (broad SMARTS) is 1. The SMILES string of the molecule is CC(C)(C)OC(=O)NC([SiH3])(C(=O)O)C1CCCCCCC1. The molecule has 5 nitrogen and oxygen atoms in total. The Kier molecular flexibility index (Phi) is 6.25. The summed E-state index contributed by atoms with van der Waals surface area (Å²) < 4.78 is 5.24. The van der Waals surface area contributed by atoms with Crippen molar-refractivity contribution >= 4 is 22.3 Å². The van der Waals surface area contributed by atoms with Gasteiger partial charge < -0.3 is 15.2 Å². The molecule has 1 aliphatic carbocycles. The van der Waals surface area contributed by atoms with Gasteiger partial charge in [-0.2, -0.15) is 0 Å². The molecule has 2 N–H and O–H groups in total. The number of hydrogen-bond donors (Lipinski definition) is 2. The Labute approximate surface area is 130 Å². The second-order valence-electron chi connectivity index (χ2n) is 7.18. The summed E-state index contributed by atoms with van der Waals surface area (Å²) in [6, 6.07) is 0. The fourth-order valence-corrected chi connectivity index (χ4v) is 3.66. The lowest BCUT2D eigenvalue weighted by molar-refractivity contribution is -0.143. The number of aliphatic carboxylic acids is 1. The van der Waals surface area contributed by atoms with Crippen molar-refractivity contribution in [1.29, 1.82) is 0 Å². The van der Waals surface area contributed by atoms with E-state index < -0.39 is 22.8 Å². The third-order valence-corrected chi connectivity index (χ3v) is 5.62. The van der Waals surface area contributed by atoms with Gasteiger partial charge in [0.25, 0.3) is 0 Å². The van der Waals surface area contributed by atoms with Crippen LogP contribution in [0.4, 0.5) is 4.79 Å². The number of rotatable bonds is 3. The van der Waals surface area contributed by atoms with Crippen molar-refractivity contribution in [3.8, 4) is 0 Å². The lowest BCUT2D eigenvalue weighted by Crippen LogP contribution is -2.60. The number of amides is 1. The molecule has 0 heterocycles. The number of carbonyl (C=O) groups is 2. The highest BCUT2D eigenvalue weighted by Crippen LogP contribution is 2.30. The standard InChI is InChI=1S/C15H29NO4Si/c1-14(2,3)20-13(19)16-15(21,12(17)18)11-9-7-5-4-6-8-10-11/h11H,4-10H2,1-3,21H3,(H,16,19)(H,17,18). The molecule has 1 unspecified atom stereocenters. The van der Waals surface area contributed by atoms with Crippen LogP contribution >= 0.6 is 0 Å². The van der Waals surface area contributed by atoms with Crippen LogP contribution < -0.4 is 5.32 Å². The maximum absolute atomic E-state index is 12.0. The number of carboxylic acids is 1. The summed E-state index contributed by atoms with van der Waals surface area (Å²) >= 11 is 0. The average molecular weight is 315 g/mol. The molecule has 0 radical (unpaired) electrons. The van der Waals surface area contributed by atoms with E-state index in [0.717, 1.165) is 38.5 Å². The molecule has 0 aromatic carbocycles. The van der Waals surface area contributed by atoms with E-state index in [1.807, 2.05) is 0 Å². The molecule has 1 saturated carbocycles. The van der Waals surface area contributed by atoms with Crippen LogP contribution in [-0.2, 0) is 9.53 Å². The Morgan fingerprint density at radius 2 is 1.57 bits per heavy atom. The van der Waals surface area contributed by atoms with Crippen LogP contribution in [0.15, 0.2) is 0 Å². The van der Waals surface area contributed by atoms with Gasteiger partial charge >= 0.3 is 12.1 Å². The minimum Gasteiger partial charge on any atom is -0.480 e. The van der Waals surface area contributed by atoms with Gasteiger partial charge in [0.15, 0.2) is 0 Å². The predicted octanol–water partition coefficient (Wildman–Crippen LogP) is 2.02. The van der Waals surface area contributed by atoms with Crippen LogP contribution in [0.5, 0.6) is 0 Å². The first-order valence-corrected chi connectivity index (χ1v) is 8.90. The second kappa shape index (κ2) is 7.29. The normalized spacial score (nSPS) is 20.9. The summed E-state index contributed by atoms with van der Waals surface area (Å²) in [7, 11) is 0.369. The van der Waals surface area contributed by atoms with Crippen LogP contribution in [0.1, 0.15) is 65.7 Å². The summed E-state index contributed by atoms with van der Waals surface area (Å²) in [5.74, 6) is -0.917. The van der Waals surface area contributed by atoms with Crippen molar-refractivity contribution in [1.82, 2.24) is 5.32 Å². The highest BCUT2D eigenvalue weighted by molar-refractivity contribution is 6.28. The third kappa shape index (κ3) is 5.69. The molecular weight excluding hydrogens is 286 g/mol. The number of alkyl carbamates (subject to hydrolysis) is 1. The molecule has 0 aromatic rings. The van der Waals surface area contributed by atoms with Crippen LogP contribution in [0.25, 0.3) is 0 Å². The zero-order chi connectivity index (χ0) is 16.1. The lowest BCUT2D eigenvalue weighted by Gasteiger charge is -2.36. The molecule has 1 amide bonds. The van der Waals surface area contributed by atoms with Crippen molar-refractivity contribution in [2.45, 2.75) is 76.5 Å². The predicted molar refractivity (Wildman–Crippen MR) is 85.5 cm³/mol. The van der Waals surface area contributed by atoms with Gasteiger partial charge in [0.1, 0.15) is 10.8 Å². The molecule has 6 heteroatoms. The third-order valence-electron chi connectivity index (χ3n) is 4.13. The molecule has 1 atom stereocenters. The summed E-state index contributed by atoms with van der Waals surface area (Å²) in [5, 5.41) is 11.2. The maximum Gasteiger partial charge on any atom is 0.408 e. The molecule has 0 saturated heterocycles. The van der Waals surface area contributed by atoms with Gasteiger partial charge in [-0.3, -0.25) is 4.79 Å². The van der Waals surface area contributed by atoms with Crippen LogP contribution in [0.3, 0.4) is 0 Å². The van der Waals surface area contributed by atoms with E-state index in [9.17, 15) is 14.7 Å². The minimum absolute atomic E-state index is 0.00878. The summed E-state index contributed by atoms with van der Waals surface area (Å²) in [6.07, 6.45) is 6.72. The number of carbonyl (C=O) groups excluding carboxylic acids is 1. The van der Waals surface area contributed by atoms with Crippen LogP contribution in [0, 0.1) is 5.92 Å². The smallest absolute Gasteiger partial charge is 0.408 e. The van der Waals surface area contributed by atoms with Gasteiger partial charge in [-0.15, -0.1) is 0 Å². The number of nitrogens with one attached hydrogen (secondary N) is 1. The Balaban J connectivity index is 2.80. The van der Waals surface area contributed by atoms with E-state index in [1.54, 1.807) is 20.8 Å². The van der Waals surface area contributed by atoms with Crippen LogP contribution in [0.2, 0.25) is 0 Å². The highest BCUT2D eigenvalue weighted by Gasteiger charge is 2.43. The van der Waals surface area contributed by atoms with Crippen molar-refractivity contribution in [3.63, 3.8) is 0 Å². The zero-order valence-electron chi connectivity index (χ0n) is 13.7. The van der Waals surface area contributed by atoms with Crippen LogP contribution in [-0.4, -0.2) is 38.2 Å². The van der Waals surface area contributed by atoms with E-state index in [0.29, 0.717) is 10.2 Å². The summed E-state index contributed by atoms with van der Waals surface area (Å²) in [5.41, 5.74) is -0.619. The molecule has 0 aromatic heterocycles. The monoisotopic (exact) mass is 315 g/mol. The highest BCUT2D eigenvalue weighted by atomic mass is 28.1. The summed E-state index contributed by atoms with van der Waals surface area (Å²) in [6.45, 7) is 5.33. The van der Waals surface area contributed by atoms with E-state index >= 15 is 0 Å². The average Bonchev–Trinajstić information content (AvgIpc) is 2.24. The zero-order valence-corrected chi connectivity index (χ0v) is 15.7. The Morgan fingerprint density at radius 3 is 2.00 bits per heavy atom. The van der Waals surface area contributed by atoms with Gasteiger partial charge in [0, 0.05) is 0 Å². The fourth-order valence-electron chi connectivity index (χ4n) is 2.88. The Hall–Kier alpha value is -1.04. The van der Waals surface area contributed by atoms with Crippen molar-refractivity contribution < 1.29 is 19.4 Å². The Morgan fingerprint density at radius 1 is 1.10 bits per heavy atom. The van der Waals surface area contributed by atoms with E-state index in [1.165, 1.54) is 6.42 Å². The molecule has 1 rings (SSSR count). The molecule has 1 aliphatic rings. The molecule has 0 bridgehead atoms. The van der Waals surface area contributed by atoms with E-state index in [4.69, 9.17) is 4.74 Å². The second-order valence-corrected chi connectivity index (χ2v) is 8.75. The van der Waals surface area contributed by atoms with Crippen molar-refractivity contribution in [2.24, 2.45) is 5.92 Å². The first-order valence-electron chi connectivity index (χ1n) is 7.90. The topological polar surface area (TPSA) is 75.6 Å². The molecule has 0 aliphatic heterocycles. The quantitative estimate of drug-likeness (QED) is 0.781. The molecule has 0 spiro atoms. The molecule has 21 heavy (non-hydrogen) atoms. The van der Waals surface area contributed by atoms with Gasteiger partial charge in [0.2, 0.25) is 0 Å². The van der Waals surface area contributed by atoms with Gasteiger partial charge in [-0.1, -0.05) is 32.1 Å². The van der Waals surface area contributed by atoms with Gasteiger partial charge in [-0.05, 0) is 39.5 Å². The lowest BCUT2D eigenvalue weighted by atomic mass is 9.85. The van der Waals surface area contributed by atoms with Gasteiger partial charge in [-0.25, -0.2) is 4.79 Å². The molecular formula is C15H29NO4Si. The van der Waals surface area contributed by atoms with Crippen molar-refractivity contribution in [3.05, 3.63) is 0 Å². The van der Waals surface area contributed by atoms with Gasteiger partial charge in [0.05, 0.1) is 10.2 Å². The van der Waals surface area contributed by atoms with E-state index in [-0.39, 0.29) is 5.92 Å². The first kappa shape index (κ1) is 18.0. The maximum atomic E-state index is 12.0. The minimum atomic E-state index is -1.13. The number of hydrogen-bond acceptors (Lipinski definition) is 3.